The number of aliphatic hydroxyl groups is 1. The van der Waals surface area contributed by atoms with E-state index in [1.807, 2.05) is 11.6 Å². The number of nitrogens with two attached hydrogens (primary N) is 1. The highest BCUT2D eigenvalue weighted by Crippen LogP contribution is 2.30. The van der Waals surface area contributed by atoms with Gasteiger partial charge in [0, 0.05) is 25.1 Å². The Kier molecular flexibility index (Phi) is 4.11. The van der Waals surface area contributed by atoms with Crippen LogP contribution >= 0.6 is 0 Å². The number of aromatic nitrogens is 2. The lowest BCUT2D eigenvalue weighted by Crippen LogP contribution is -2.35. The summed E-state index contributed by atoms with van der Waals surface area (Å²) in [5.41, 5.74) is 7.68. The van der Waals surface area contributed by atoms with E-state index in [0.717, 1.165) is 36.6 Å². The Labute approximate surface area is 108 Å². The van der Waals surface area contributed by atoms with Crippen molar-refractivity contribution in [2.24, 2.45) is 5.92 Å². The molecule has 0 aromatic carbocycles. The summed E-state index contributed by atoms with van der Waals surface area (Å²) >= 11 is 0. The molecule has 1 fully saturated rings. The molecular weight excluding hydrogens is 228 g/mol. The summed E-state index contributed by atoms with van der Waals surface area (Å²) in [5.74, 6) is 1.25. The molecule has 18 heavy (non-hydrogen) atoms. The lowest BCUT2D eigenvalue weighted by atomic mass is 9.85. The van der Waals surface area contributed by atoms with Crippen LogP contribution in [0.15, 0.2) is 0 Å². The van der Waals surface area contributed by atoms with Crippen molar-refractivity contribution in [3.8, 4) is 0 Å². The van der Waals surface area contributed by atoms with E-state index in [9.17, 15) is 5.11 Å². The summed E-state index contributed by atoms with van der Waals surface area (Å²) in [6, 6.07) is 0.312. The van der Waals surface area contributed by atoms with E-state index >= 15 is 0 Å². The van der Waals surface area contributed by atoms with Gasteiger partial charge in [-0.15, -0.1) is 0 Å². The number of rotatable bonds is 4. The third-order valence-corrected chi connectivity index (χ3v) is 3.94. The van der Waals surface area contributed by atoms with Gasteiger partial charge in [-0.25, -0.2) is 4.68 Å². The van der Waals surface area contributed by atoms with Crippen molar-refractivity contribution < 1.29 is 5.11 Å². The molecule has 2 atom stereocenters. The highest BCUT2D eigenvalue weighted by Gasteiger charge is 2.26. The zero-order valence-electron chi connectivity index (χ0n) is 11.3. The predicted octanol–water partition coefficient (Wildman–Crippen LogP) is 1.76. The molecule has 0 saturated heterocycles. The number of anilines is 2. The van der Waals surface area contributed by atoms with Gasteiger partial charge in [0.2, 0.25) is 0 Å². The summed E-state index contributed by atoms with van der Waals surface area (Å²) in [7, 11) is 0. The van der Waals surface area contributed by atoms with Gasteiger partial charge in [-0.05, 0) is 26.7 Å². The first kappa shape index (κ1) is 13.2. The van der Waals surface area contributed by atoms with Crippen LogP contribution in [0.1, 0.15) is 38.3 Å². The quantitative estimate of drug-likeness (QED) is 0.763. The number of nitrogens with one attached hydrogen (secondary N) is 1. The third kappa shape index (κ3) is 2.46. The van der Waals surface area contributed by atoms with Crippen LogP contribution in [0.3, 0.4) is 0 Å². The van der Waals surface area contributed by atoms with Crippen molar-refractivity contribution in [2.75, 3.05) is 17.7 Å². The Morgan fingerprint density at radius 3 is 2.83 bits per heavy atom. The van der Waals surface area contributed by atoms with Crippen molar-refractivity contribution in [2.45, 2.75) is 52.1 Å². The van der Waals surface area contributed by atoms with E-state index in [0.29, 0.717) is 12.0 Å². The summed E-state index contributed by atoms with van der Waals surface area (Å²) in [4.78, 5) is 0. The van der Waals surface area contributed by atoms with Crippen LogP contribution in [0.25, 0.3) is 0 Å². The number of nitrogens with zero attached hydrogens (tertiary/aromatic N) is 2. The Morgan fingerprint density at radius 1 is 1.44 bits per heavy atom. The molecule has 5 heteroatoms. The molecular formula is C13H24N4O. The molecule has 0 radical (unpaired) electrons. The van der Waals surface area contributed by atoms with Crippen molar-refractivity contribution >= 4 is 11.5 Å². The average molecular weight is 252 g/mol. The first-order valence-electron chi connectivity index (χ1n) is 6.87. The Morgan fingerprint density at radius 2 is 2.17 bits per heavy atom. The van der Waals surface area contributed by atoms with Gasteiger partial charge in [-0.1, -0.05) is 12.8 Å². The molecule has 2 unspecified atom stereocenters. The number of aryl methyl sites for hydroxylation is 2. The average Bonchev–Trinajstić information content (AvgIpc) is 2.67. The van der Waals surface area contributed by atoms with E-state index in [-0.39, 0.29) is 6.61 Å². The van der Waals surface area contributed by atoms with E-state index in [1.165, 1.54) is 12.8 Å². The molecule has 1 aliphatic carbocycles. The summed E-state index contributed by atoms with van der Waals surface area (Å²) in [6.07, 6.45) is 4.62. The Hall–Kier alpha value is -1.23. The maximum absolute atomic E-state index is 9.45. The lowest BCUT2D eigenvalue weighted by Gasteiger charge is -2.31. The van der Waals surface area contributed by atoms with Crippen LogP contribution in [0.2, 0.25) is 0 Å². The smallest absolute Gasteiger partial charge is 0.148 e. The number of aliphatic hydroxyl groups excluding tert-OH is 1. The molecule has 1 aromatic heterocycles. The summed E-state index contributed by atoms with van der Waals surface area (Å²) in [5, 5.41) is 17.4. The zero-order valence-corrected chi connectivity index (χ0v) is 11.3. The van der Waals surface area contributed by atoms with Crippen LogP contribution in [-0.4, -0.2) is 27.5 Å². The third-order valence-electron chi connectivity index (χ3n) is 3.94. The molecule has 4 N–H and O–H groups in total. The van der Waals surface area contributed by atoms with E-state index < -0.39 is 0 Å². The van der Waals surface area contributed by atoms with E-state index in [2.05, 4.69) is 17.3 Å². The maximum Gasteiger partial charge on any atom is 0.148 e. The largest absolute Gasteiger partial charge is 0.396 e. The van der Waals surface area contributed by atoms with Gasteiger partial charge < -0.3 is 16.2 Å². The molecule has 2 rings (SSSR count). The van der Waals surface area contributed by atoms with Gasteiger partial charge in [0.1, 0.15) is 5.82 Å². The zero-order chi connectivity index (χ0) is 13.1. The molecule has 5 nitrogen and oxygen atoms in total. The number of hydrogen-bond donors (Lipinski definition) is 3. The molecule has 1 heterocycles. The standard InChI is InChI=1S/C13H24N4O/c1-3-17-13(12(14)9(2)16-17)15-11-7-5-4-6-10(11)8-18/h10-11,15,18H,3-8,14H2,1-2H3. The van der Waals surface area contributed by atoms with Crippen LogP contribution in [0, 0.1) is 12.8 Å². The van der Waals surface area contributed by atoms with Gasteiger partial charge in [0.05, 0.1) is 11.4 Å². The first-order chi connectivity index (χ1) is 8.67. The molecule has 1 aliphatic rings. The molecule has 1 saturated carbocycles. The second kappa shape index (κ2) is 5.61. The molecule has 102 valence electrons. The Balaban J connectivity index is 2.17. The fourth-order valence-corrected chi connectivity index (χ4v) is 2.77. The van der Waals surface area contributed by atoms with Crippen LogP contribution in [0.4, 0.5) is 11.5 Å². The van der Waals surface area contributed by atoms with Gasteiger partial charge in [-0.3, -0.25) is 0 Å². The molecule has 0 aliphatic heterocycles. The van der Waals surface area contributed by atoms with Crippen LogP contribution in [-0.2, 0) is 6.54 Å². The minimum atomic E-state index is 0.247. The van der Waals surface area contributed by atoms with Gasteiger partial charge >= 0.3 is 0 Å². The van der Waals surface area contributed by atoms with Gasteiger partial charge in [-0.2, -0.15) is 5.10 Å². The predicted molar refractivity (Wildman–Crippen MR) is 73.5 cm³/mol. The molecule has 1 aromatic rings. The van der Waals surface area contributed by atoms with Crippen LogP contribution in [0.5, 0.6) is 0 Å². The van der Waals surface area contributed by atoms with Crippen molar-refractivity contribution in [1.82, 2.24) is 9.78 Å². The molecule has 0 amide bonds. The SMILES string of the molecule is CCn1nc(C)c(N)c1NC1CCCCC1CO. The molecule has 0 bridgehead atoms. The first-order valence-corrected chi connectivity index (χ1v) is 6.87. The van der Waals surface area contributed by atoms with Gasteiger partial charge in [0.15, 0.2) is 0 Å². The number of nitrogen functional groups attached to an aromatic ring is 1. The lowest BCUT2D eigenvalue weighted by molar-refractivity contribution is 0.178. The minimum absolute atomic E-state index is 0.247. The summed E-state index contributed by atoms with van der Waals surface area (Å²) < 4.78 is 1.91. The van der Waals surface area contributed by atoms with Crippen molar-refractivity contribution in [1.29, 1.82) is 0 Å². The van der Waals surface area contributed by atoms with Crippen LogP contribution < -0.4 is 11.1 Å². The Bertz CT molecular complexity index is 402. The minimum Gasteiger partial charge on any atom is -0.396 e. The second-order valence-corrected chi connectivity index (χ2v) is 5.14. The normalized spacial score (nSPS) is 24.2. The van der Waals surface area contributed by atoms with Crippen molar-refractivity contribution in [3.05, 3.63) is 5.69 Å². The number of hydrogen-bond acceptors (Lipinski definition) is 4. The monoisotopic (exact) mass is 252 g/mol. The van der Waals surface area contributed by atoms with Gasteiger partial charge in [0.25, 0.3) is 0 Å². The van der Waals surface area contributed by atoms with E-state index in [1.54, 1.807) is 0 Å². The maximum atomic E-state index is 9.45. The molecule has 0 spiro atoms. The summed E-state index contributed by atoms with van der Waals surface area (Å²) in [6.45, 7) is 5.03. The highest BCUT2D eigenvalue weighted by atomic mass is 16.3. The second-order valence-electron chi connectivity index (χ2n) is 5.14. The topological polar surface area (TPSA) is 76.1 Å². The van der Waals surface area contributed by atoms with Crippen molar-refractivity contribution in [3.63, 3.8) is 0 Å². The van der Waals surface area contributed by atoms with E-state index in [4.69, 9.17) is 5.73 Å². The highest BCUT2D eigenvalue weighted by molar-refractivity contribution is 5.65. The fraction of sp³-hybridized carbons (Fsp3) is 0.769. The fourth-order valence-electron chi connectivity index (χ4n) is 2.77.